The zero-order valence-electron chi connectivity index (χ0n) is 9.64. The maximum absolute atomic E-state index is 5.98. The number of hydrogen-bond donors (Lipinski definition) is 1. The number of nitrogen functional groups attached to an aromatic ring is 1. The molecule has 2 aromatic rings. The third-order valence-electron chi connectivity index (χ3n) is 2.38. The average Bonchev–Trinajstić information content (AvgIpc) is 2.76. The summed E-state index contributed by atoms with van der Waals surface area (Å²) in [4.78, 5) is 1.59. The van der Waals surface area contributed by atoms with Gasteiger partial charge in [-0.3, -0.25) is 0 Å². The monoisotopic (exact) mass is 252 g/mol. The van der Waals surface area contributed by atoms with Gasteiger partial charge in [0.1, 0.15) is 5.69 Å². The maximum atomic E-state index is 5.98. The number of methoxy groups -OCH3 is 1. The van der Waals surface area contributed by atoms with Gasteiger partial charge in [0.15, 0.2) is 5.75 Å². The summed E-state index contributed by atoms with van der Waals surface area (Å²) >= 11 is 5.98. The van der Waals surface area contributed by atoms with Crippen LogP contribution in [0.3, 0.4) is 0 Å². The Bertz CT molecular complexity index is 538. The lowest BCUT2D eigenvalue weighted by atomic mass is 10.1. The van der Waals surface area contributed by atoms with E-state index < -0.39 is 0 Å². The van der Waals surface area contributed by atoms with Crippen molar-refractivity contribution in [1.82, 2.24) is 15.0 Å². The molecule has 1 heterocycles. The van der Waals surface area contributed by atoms with E-state index in [9.17, 15) is 0 Å². The van der Waals surface area contributed by atoms with Crippen molar-refractivity contribution < 1.29 is 4.74 Å². The van der Waals surface area contributed by atoms with Crippen molar-refractivity contribution >= 4 is 17.3 Å². The van der Waals surface area contributed by atoms with Gasteiger partial charge in [-0.05, 0) is 19.1 Å². The van der Waals surface area contributed by atoms with Gasteiger partial charge >= 0.3 is 0 Å². The number of aryl methyl sites for hydroxylation is 1. The molecule has 0 aliphatic rings. The van der Waals surface area contributed by atoms with E-state index >= 15 is 0 Å². The Balaban J connectivity index is 2.57. The van der Waals surface area contributed by atoms with E-state index in [1.807, 2.05) is 6.92 Å². The fraction of sp³-hybridized carbons (Fsp3) is 0.273. The van der Waals surface area contributed by atoms with Crippen LogP contribution in [0.25, 0.3) is 11.3 Å². The Hall–Kier alpha value is -1.75. The zero-order valence-corrected chi connectivity index (χ0v) is 10.4. The highest BCUT2D eigenvalue weighted by Crippen LogP contribution is 2.36. The second kappa shape index (κ2) is 4.63. The number of rotatable bonds is 3. The van der Waals surface area contributed by atoms with Gasteiger partial charge in [-0.1, -0.05) is 11.6 Å². The van der Waals surface area contributed by atoms with Crippen LogP contribution in [0.15, 0.2) is 18.3 Å². The highest BCUT2D eigenvalue weighted by molar-refractivity contribution is 6.31. The molecule has 5 nitrogen and oxygen atoms in total. The van der Waals surface area contributed by atoms with Crippen LogP contribution in [0.4, 0.5) is 5.69 Å². The minimum absolute atomic E-state index is 0.487. The molecule has 0 aliphatic heterocycles. The predicted octanol–water partition coefficient (Wildman–Crippen LogP) is 2.21. The fourth-order valence-corrected chi connectivity index (χ4v) is 1.83. The first-order chi connectivity index (χ1) is 8.15. The maximum Gasteiger partial charge on any atom is 0.151 e. The first-order valence-electron chi connectivity index (χ1n) is 5.19. The second-order valence-electron chi connectivity index (χ2n) is 3.49. The van der Waals surface area contributed by atoms with Crippen LogP contribution >= 0.6 is 11.6 Å². The normalized spacial score (nSPS) is 10.5. The molecule has 0 saturated heterocycles. The Morgan fingerprint density at radius 3 is 2.82 bits per heavy atom. The molecule has 1 aromatic carbocycles. The van der Waals surface area contributed by atoms with Crippen LogP contribution in [0.1, 0.15) is 6.92 Å². The van der Waals surface area contributed by atoms with E-state index in [4.69, 9.17) is 22.1 Å². The molecule has 0 saturated carbocycles. The number of aromatic nitrogens is 3. The molecule has 0 atom stereocenters. The molecule has 0 aliphatic carbocycles. The summed E-state index contributed by atoms with van der Waals surface area (Å²) in [5.41, 5.74) is 7.77. The summed E-state index contributed by atoms with van der Waals surface area (Å²) in [6, 6.07) is 3.41. The lowest BCUT2D eigenvalue weighted by molar-refractivity contribution is 0.418. The summed E-state index contributed by atoms with van der Waals surface area (Å²) in [7, 11) is 1.56. The summed E-state index contributed by atoms with van der Waals surface area (Å²) in [6.45, 7) is 2.67. The summed E-state index contributed by atoms with van der Waals surface area (Å²) in [5, 5.41) is 8.96. The number of nitrogens with zero attached hydrogens (tertiary/aromatic N) is 3. The highest BCUT2D eigenvalue weighted by atomic mass is 35.5. The van der Waals surface area contributed by atoms with Crippen molar-refractivity contribution in [3.05, 3.63) is 23.4 Å². The van der Waals surface area contributed by atoms with E-state index in [2.05, 4.69) is 10.2 Å². The van der Waals surface area contributed by atoms with Crippen molar-refractivity contribution in [2.24, 2.45) is 0 Å². The molecule has 0 unspecified atom stereocenters. The minimum atomic E-state index is 0.487. The van der Waals surface area contributed by atoms with Crippen LogP contribution in [0.2, 0.25) is 5.02 Å². The van der Waals surface area contributed by atoms with Gasteiger partial charge in [0.2, 0.25) is 0 Å². The largest absolute Gasteiger partial charge is 0.494 e. The predicted molar refractivity (Wildman–Crippen MR) is 67.1 cm³/mol. The first-order valence-corrected chi connectivity index (χ1v) is 5.57. The van der Waals surface area contributed by atoms with Gasteiger partial charge < -0.3 is 10.5 Å². The van der Waals surface area contributed by atoms with E-state index in [0.717, 1.165) is 5.56 Å². The lowest BCUT2D eigenvalue weighted by Crippen LogP contribution is -1.99. The van der Waals surface area contributed by atoms with Gasteiger partial charge in [0.05, 0.1) is 25.5 Å². The number of anilines is 1. The van der Waals surface area contributed by atoms with Gasteiger partial charge in [-0.25, -0.2) is 0 Å². The quantitative estimate of drug-likeness (QED) is 0.851. The standard InChI is InChI=1S/C11H13ClN4O/c1-3-16-14-6-10(15-16)8-4-7(12)5-9(13)11(8)17-2/h4-6H,3,13H2,1-2H3. The number of ether oxygens (including phenoxy) is 1. The van der Waals surface area contributed by atoms with Crippen LogP contribution in [0.5, 0.6) is 5.75 Å². The summed E-state index contributed by atoms with van der Waals surface area (Å²) < 4.78 is 5.27. The van der Waals surface area contributed by atoms with Crippen LogP contribution in [0, 0.1) is 0 Å². The van der Waals surface area contributed by atoms with Crippen molar-refractivity contribution in [2.75, 3.05) is 12.8 Å². The van der Waals surface area contributed by atoms with Gasteiger partial charge in [0.25, 0.3) is 0 Å². The first kappa shape index (κ1) is 11.7. The molecule has 2 rings (SSSR count). The molecule has 17 heavy (non-hydrogen) atoms. The molecule has 0 spiro atoms. The molecular weight excluding hydrogens is 240 g/mol. The molecule has 0 fully saturated rings. The average molecular weight is 253 g/mol. The number of halogens is 1. The molecule has 90 valence electrons. The number of nitrogens with two attached hydrogens (primary N) is 1. The third kappa shape index (κ3) is 2.19. The van der Waals surface area contributed by atoms with E-state index in [1.54, 1.807) is 30.2 Å². The van der Waals surface area contributed by atoms with E-state index in [1.165, 1.54) is 0 Å². The van der Waals surface area contributed by atoms with E-state index in [-0.39, 0.29) is 0 Å². The van der Waals surface area contributed by atoms with Gasteiger partial charge in [-0.15, -0.1) is 0 Å². The van der Waals surface area contributed by atoms with Crippen molar-refractivity contribution in [1.29, 1.82) is 0 Å². The fourth-order valence-electron chi connectivity index (χ4n) is 1.61. The van der Waals surface area contributed by atoms with Gasteiger partial charge in [0, 0.05) is 10.6 Å². The van der Waals surface area contributed by atoms with Crippen molar-refractivity contribution in [3.63, 3.8) is 0 Å². The molecule has 0 amide bonds. The Labute approximate surface area is 104 Å². The molecule has 6 heteroatoms. The molecule has 0 radical (unpaired) electrons. The Morgan fingerprint density at radius 2 is 2.24 bits per heavy atom. The lowest BCUT2D eigenvalue weighted by Gasteiger charge is -2.09. The van der Waals surface area contributed by atoms with Gasteiger partial charge in [-0.2, -0.15) is 15.0 Å². The topological polar surface area (TPSA) is 66.0 Å². The third-order valence-corrected chi connectivity index (χ3v) is 2.60. The summed E-state index contributed by atoms with van der Waals surface area (Å²) in [5.74, 6) is 0.567. The highest BCUT2D eigenvalue weighted by Gasteiger charge is 2.13. The molecule has 2 N–H and O–H groups in total. The zero-order chi connectivity index (χ0) is 12.4. The molecular formula is C11H13ClN4O. The van der Waals surface area contributed by atoms with Crippen LogP contribution in [-0.2, 0) is 6.54 Å². The van der Waals surface area contributed by atoms with Crippen molar-refractivity contribution in [3.8, 4) is 17.0 Å². The van der Waals surface area contributed by atoms with E-state index in [0.29, 0.717) is 28.7 Å². The minimum Gasteiger partial charge on any atom is -0.494 e. The second-order valence-corrected chi connectivity index (χ2v) is 3.93. The van der Waals surface area contributed by atoms with Crippen molar-refractivity contribution in [2.45, 2.75) is 13.5 Å². The molecule has 1 aromatic heterocycles. The number of hydrogen-bond acceptors (Lipinski definition) is 4. The SMILES string of the molecule is CCn1ncc(-c2cc(Cl)cc(N)c2OC)n1. The van der Waals surface area contributed by atoms with Crippen LogP contribution in [-0.4, -0.2) is 22.1 Å². The Kier molecular flexibility index (Phi) is 3.19. The molecule has 0 bridgehead atoms. The number of benzene rings is 1. The smallest absolute Gasteiger partial charge is 0.151 e. The summed E-state index contributed by atoms with van der Waals surface area (Å²) in [6.07, 6.45) is 1.66. The van der Waals surface area contributed by atoms with Crippen LogP contribution < -0.4 is 10.5 Å². The Morgan fingerprint density at radius 1 is 1.47 bits per heavy atom.